The number of rotatable bonds is 3. The molecule has 0 radical (unpaired) electrons. The number of nitriles is 2. The zero-order valence-electron chi connectivity index (χ0n) is 10.1. The van der Waals surface area contributed by atoms with E-state index in [9.17, 15) is 15.3 Å². The highest BCUT2D eigenvalue weighted by Gasteiger charge is 2.43. The predicted octanol–water partition coefficient (Wildman–Crippen LogP) is 2.63. The molecule has 1 aliphatic rings. The Balaban J connectivity index is 2.26. The SMILES string of the molecule is N#CC(C#N)(Cc1ccccc1)C1CCC(=O)C1. The maximum atomic E-state index is 11.4. The molecule has 90 valence electrons. The van der Waals surface area contributed by atoms with Crippen LogP contribution >= 0.6 is 0 Å². The lowest BCUT2D eigenvalue weighted by Gasteiger charge is -2.24. The van der Waals surface area contributed by atoms with Crippen molar-refractivity contribution in [1.82, 2.24) is 0 Å². The summed E-state index contributed by atoms with van der Waals surface area (Å²) < 4.78 is 0. The van der Waals surface area contributed by atoms with Crippen LogP contribution in [0.3, 0.4) is 0 Å². The molecule has 1 unspecified atom stereocenters. The Labute approximate surface area is 107 Å². The number of carbonyl (C=O) groups is 1. The minimum absolute atomic E-state index is 0.125. The molecule has 3 heteroatoms. The average Bonchev–Trinajstić information content (AvgIpc) is 2.84. The first-order valence-corrected chi connectivity index (χ1v) is 6.08. The van der Waals surface area contributed by atoms with Crippen LogP contribution in [0.5, 0.6) is 0 Å². The van der Waals surface area contributed by atoms with Crippen molar-refractivity contribution in [3.8, 4) is 12.1 Å². The molecule has 1 atom stereocenters. The summed E-state index contributed by atoms with van der Waals surface area (Å²) >= 11 is 0. The van der Waals surface area contributed by atoms with Crippen LogP contribution in [0.4, 0.5) is 0 Å². The van der Waals surface area contributed by atoms with E-state index in [-0.39, 0.29) is 11.7 Å². The van der Waals surface area contributed by atoms with Gasteiger partial charge in [0.1, 0.15) is 5.78 Å². The van der Waals surface area contributed by atoms with Gasteiger partial charge in [-0.3, -0.25) is 4.79 Å². The van der Waals surface area contributed by atoms with Crippen LogP contribution in [-0.2, 0) is 11.2 Å². The fraction of sp³-hybridized carbons (Fsp3) is 0.400. The van der Waals surface area contributed by atoms with Crippen LogP contribution in [0.2, 0.25) is 0 Å². The summed E-state index contributed by atoms with van der Waals surface area (Å²) in [6.45, 7) is 0. The summed E-state index contributed by atoms with van der Waals surface area (Å²) in [4.78, 5) is 11.4. The van der Waals surface area contributed by atoms with E-state index in [2.05, 4.69) is 12.1 Å². The molecule has 0 amide bonds. The van der Waals surface area contributed by atoms with E-state index in [1.807, 2.05) is 30.3 Å². The smallest absolute Gasteiger partial charge is 0.151 e. The van der Waals surface area contributed by atoms with Gasteiger partial charge < -0.3 is 0 Å². The second-order valence-corrected chi connectivity index (χ2v) is 4.84. The van der Waals surface area contributed by atoms with E-state index in [1.165, 1.54) is 0 Å². The summed E-state index contributed by atoms with van der Waals surface area (Å²) in [7, 11) is 0. The number of hydrogen-bond donors (Lipinski definition) is 0. The molecule has 1 fully saturated rings. The average molecular weight is 238 g/mol. The summed E-state index contributed by atoms with van der Waals surface area (Å²) in [5, 5.41) is 18.8. The lowest BCUT2D eigenvalue weighted by molar-refractivity contribution is -0.117. The largest absolute Gasteiger partial charge is 0.300 e. The van der Waals surface area contributed by atoms with Gasteiger partial charge in [0.25, 0.3) is 0 Å². The van der Waals surface area contributed by atoms with Gasteiger partial charge in [0.05, 0.1) is 12.1 Å². The normalized spacial score (nSPS) is 19.2. The summed E-state index contributed by atoms with van der Waals surface area (Å²) in [6, 6.07) is 13.9. The Hall–Kier alpha value is -2.13. The molecule has 18 heavy (non-hydrogen) atoms. The molecule has 0 aliphatic heterocycles. The van der Waals surface area contributed by atoms with E-state index in [0.717, 1.165) is 5.56 Å². The first kappa shape index (κ1) is 12.3. The summed E-state index contributed by atoms with van der Waals surface area (Å²) in [6.07, 6.45) is 1.93. The van der Waals surface area contributed by atoms with Gasteiger partial charge in [-0.25, -0.2) is 0 Å². The molecule has 2 rings (SSSR count). The van der Waals surface area contributed by atoms with Crippen molar-refractivity contribution in [3.05, 3.63) is 35.9 Å². The van der Waals surface area contributed by atoms with Crippen molar-refractivity contribution in [2.45, 2.75) is 25.7 Å². The Bertz CT molecular complexity index is 508. The van der Waals surface area contributed by atoms with E-state index in [4.69, 9.17) is 0 Å². The first-order chi connectivity index (χ1) is 8.70. The minimum atomic E-state index is -1.06. The second-order valence-electron chi connectivity index (χ2n) is 4.84. The molecule has 3 nitrogen and oxygen atoms in total. The van der Waals surface area contributed by atoms with Gasteiger partial charge in [0, 0.05) is 19.3 Å². The van der Waals surface area contributed by atoms with Gasteiger partial charge in [0.15, 0.2) is 5.41 Å². The van der Waals surface area contributed by atoms with Crippen molar-refractivity contribution in [2.75, 3.05) is 0 Å². The van der Waals surface area contributed by atoms with Crippen LogP contribution in [0.15, 0.2) is 30.3 Å². The van der Waals surface area contributed by atoms with Crippen molar-refractivity contribution >= 4 is 5.78 Å². The number of carbonyl (C=O) groups excluding carboxylic acids is 1. The number of hydrogen-bond acceptors (Lipinski definition) is 3. The zero-order chi connectivity index (χ0) is 13.0. The molecule has 0 heterocycles. The van der Waals surface area contributed by atoms with Crippen LogP contribution in [0, 0.1) is 34.0 Å². The Kier molecular flexibility index (Phi) is 3.44. The standard InChI is InChI=1S/C15H14N2O/c16-10-15(11-17,13-6-7-14(18)8-13)9-12-4-2-1-3-5-12/h1-5,13H,6-9H2. The van der Waals surface area contributed by atoms with Crippen molar-refractivity contribution < 1.29 is 4.79 Å². The molecule has 0 N–H and O–H groups in total. The highest BCUT2D eigenvalue weighted by molar-refractivity contribution is 5.81. The van der Waals surface area contributed by atoms with E-state index in [1.54, 1.807) is 0 Å². The quantitative estimate of drug-likeness (QED) is 0.813. The molecule has 1 aliphatic carbocycles. The van der Waals surface area contributed by atoms with E-state index in [0.29, 0.717) is 25.7 Å². The number of Topliss-reactive ketones (excluding diaryl/α,β-unsaturated/α-hetero) is 1. The number of benzene rings is 1. The maximum absolute atomic E-state index is 11.4. The molecule has 1 saturated carbocycles. The molecule has 1 aromatic carbocycles. The second kappa shape index (κ2) is 5.02. The third kappa shape index (κ3) is 2.26. The molecular weight excluding hydrogens is 224 g/mol. The number of ketones is 1. The van der Waals surface area contributed by atoms with Crippen molar-refractivity contribution in [1.29, 1.82) is 10.5 Å². The zero-order valence-corrected chi connectivity index (χ0v) is 10.1. The lowest BCUT2D eigenvalue weighted by Crippen LogP contribution is -2.28. The highest BCUT2D eigenvalue weighted by atomic mass is 16.1. The Morgan fingerprint density at radius 1 is 1.22 bits per heavy atom. The number of nitrogens with zero attached hydrogens (tertiary/aromatic N) is 2. The van der Waals surface area contributed by atoms with Crippen molar-refractivity contribution in [2.24, 2.45) is 11.3 Å². The van der Waals surface area contributed by atoms with Gasteiger partial charge in [-0.05, 0) is 17.9 Å². The van der Waals surface area contributed by atoms with Gasteiger partial charge in [0.2, 0.25) is 0 Å². The molecule has 0 aromatic heterocycles. The molecule has 0 spiro atoms. The third-order valence-electron chi connectivity index (χ3n) is 3.67. The molecule has 1 aromatic rings. The summed E-state index contributed by atoms with van der Waals surface area (Å²) in [5.74, 6) is 0.0446. The van der Waals surface area contributed by atoms with Gasteiger partial charge in [-0.15, -0.1) is 0 Å². The lowest BCUT2D eigenvalue weighted by atomic mass is 9.72. The summed E-state index contributed by atoms with van der Waals surface area (Å²) in [5.41, 5.74) is -0.0898. The van der Waals surface area contributed by atoms with E-state index >= 15 is 0 Å². The van der Waals surface area contributed by atoms with Crippen LogP contribution in [0.25, 0.3) is 0 Å². The van der Waals surface area contributed by atoms with Crippen LogP contribution in [-0.4, -0.2) is 5.78 Å². The fourth-order valence-corrected chi connectivity index (χ4v) is 2.58. The monoisotopic (exact) mass is 238 g/mol. The fourth-order valence-electron chi connectivity index (χ4n) is 2.58. The molecular formula is C15H14N2O. The van der Waals surface area contributed by atoms with Gasteiger partial charge >= 0.3 is 0 Å². The highest BCUT2D eigenvalue weighted by Crippen LogP contribution is 2.40. The van der Waals surface area contributed by atoms with Crippen LogP contribution < -0.4 is 0 Å². The van der Waals surface area contributed by atoms with Gasteiger partial charge in [-0.1, -0.05) is 30.3 Å². The van der Waals surface area contributed by atoms with Crippen molar-refractivity contribution in [3.63, 3.8) is 0 Å². The topological polar surface area (TPSA) is 64.7 Å². The Morgan fingerprint density at radius 3 is 2.39 bits per heavy atom. The first-order valence-electron chi connectivity index (χ1n) is 6.08. The van der Waals surface area contributed by atoms with E-state index < -0.39 is 5.41 Å². The third-order valence-corrected chi connectivity index (χ3v) is 3.67. The molecule has 0 bridgehead atoms. The maximum Gasteiger partial charge on any atom is 0.151 e. The van der Waals surface area contributed by atoms with Gasteiger partial charge in [-0.2, -0.15) is 10.5 Å². The Morgan fingerprint density at radius 2 is 1.89 bits per heavy atom. The predicted molar refractivity (Wildman–Crippen MR) is 66.2 cm³/mol. The minimum Gasteiger partial charge on any atom is -0.300 e. The van der Waals surface area contributed by atoms with Crippen LogP contribution in [0.1, 0.15) is 24.8 Å². The molecule has 0 saturated heterocycles.